The Morgan fingerprint density at radius 2 is 1.07 bits per heavy atom. The van der Waals surface area contributed by atoms with Crippen LogP contribution in [0.25, 0.3) is 83.6 Å². The van der Waals surface area contributed by atoms with Crippen LogP contribution in [0.15, 0.2) is 144 Å². The van der Waals surface area contributed by atoms with Crippen LogP contribution in [0.2, 0.25) is 0 Å². The van der Waals surface area contributed by atoms with Gasteiger partial charge in [-0.25, -0.2) is 15.0 Å². The van der Waals surface area contributed by atoms with Crippen LogP contribution in [0.1, 0.15) is 5.56 Å². The molecule has 0 fully saturated rings. The van der Waals surface area contributed by atoms with Crippen LogP contribution in [0.3, 0.4) is 0 Å². The molecule has 0 amide bonds. The lowest BCUT2D eigenvalue weighted by atomic mass is 10.0. The van der Waals surface area contributed by atoms with Gasteiger partial charge in [0.2, 0.25) is 0 Å². The molecule has 3 aromatic heterocycles. The summed E-state index contributed by atoms with van der Waals surface area (Å²) in [6.07, 6.45) is 0. The molecule has 0 aliphatic heterocycles. The van der Waals surface area contributed by atoms with E-state index in [9.17, 15) is 0 Å². The number of furan rings is 1. The van der Waals surface area contributed by atoms with Crippen LogP contribution >= 0.6 is 0 Å². The molecule has 0 radical (unpaired) electrons. The minimum atomic E-state index is 0.579. The number of aromatic nitrogens is 4. The Bertz CT molecular complexity index is 2470. The molecule has 45 heavy (non-hydrogen) atoms. The molecule has 0 bridgehead atoms. The third-order valence-electron chi connectivity index (χ3n) is 8.47. The molecule has 5 heteroatoms. The van der Waals surface area contributed by atoms with Crippen LogP contribution in [0.4, 0.5) is 0 Å². The maximum atomic E-state index is 6.97. The van der Waals surface area contributed by atoms with E-state index in [4.69, 9.17) is 19.4 Å². The van der Waals surface area contributed by atoms with E-state index >= 15 is 0 Å². The Morgan fingerprint density at radius 1 is 0.489 bits per heavy atom. The molecule has 3 heterocycles. The first-order valence-electron chi connectivity index (χ1n) is 15.0. The van der Waals surface area contributed by atoms with E-state index in [1.807, 2.05) is 66.7 Å². The van der Waals surface area contributed by atoms with Crippen molar-refractivity contribution in [1.82, 2.24) is 19.5 Å². The Balaban J connectivity index is 1.37. The average Bonchev–Trinajstić information content (AvgIpc) is 3.65. The van der Waals surface area contributed by atoms with Crippen molar-refractivity contribution in [1.29, 1.82) is 0 Å². The maximum Gasteiger partial charge on any atom is 0.167 e. The van der Waals surface area contributed by atoms with Gasteiger partial charge in [0.25, 0.3) is 0 Å². The molecule has 5 nitrogen and oxygen atoms in total. The number of fused-ring (bicyclic) bond motifs is 7. The molecule has 212 valence electrons. The molecule has 0 saturated carbocycles. The van der Waals surface area contributed by atoms with Gasteiger partial charge < -0.3 is 8.98 Å². The first-order valence-corrected chi connectivity index (χ1v) is 15.0. The van der Waals surface area contributed by atoms with Crippen molar-refractivity contribution in [3.05, 3.63) is 145 Å². The fourth-order valence-corrected chi connectivity index (χ4v) is 6.47. The molecule has 6 aromatic carbocycles. The SMILES string of the molecule is Cc1cc(-c2nc(-c3ccccc3)nc(-c3ccccc3)n2)c2oc3c(ccc4c5ccccc5n(-c5ccccc5)c43)c2c1. The summed E-state index contributed by atoms with van der Waals surface area (Å²) in [6, 6.07) is 47.9. The van der Waals surface area contributed by atoms with Gasteiger partial charge in [-0.05, 0) is 48.9 Å². The second kappa shape index (κ2) is 10.00. The zero-order chi connectivity index (χ0) is 29.9. The number of rotatable bonds is 4. The molecular formula is C40H26N4O. The lowest BCUT2D eigenvalue weighted by Crippen LogP contribution is -2.00. The lowest BCUT2D eigenvalue weighted by Gasteiger charge is -2.09. The highest BCUT2D eigenvalue weighted by Gasteiger charge is 2.22. The summed E-state index contributed by atoms with van der Waals surface area (Å²) in [6.45, 7) is 2.11. The highest BCUT2D eigenvalue weighted by molar-refractivity contribution is 6.22. The van der Waals surface area contributed by atoms with Gasteiger partial charge in [0.15, 0.2) is 23.1 Å². The zero-order valence-electron chi connectivity index (χ0n) is 24.5. The van der Waals surface area contributed by atoms with Crippen molar-refractivity contribution in [2.24, 2.45) is 0 Å². The van der Waals surface area contributed by atoms with Gasteiger partial charge >= 0.3 is 0 Å². The molecule has 0 spiro atoms. The fraction of sp³-hybridized carbons (Fsp3) is 0.0250. The third kappa shape index (κ3) is 4.05. The van der Waals surface area contributed by atoms with E-state index in [0.29, 0.717) is 17.5 Å². The van der Waals surface area contributed by atoms with Crippen molar-refractivity contribution in [3.8, 4) is 39.9 Å². The highest BCUT2D eigenvalue weighted by atomic mass is 16.3. The summed E-state index contributed by atoms with van der Waals surface area (Å²) < 4.78 is 9.28. The summed E-state index contributed by atoms with van der Waals surface area (Å²) in [7, 11) is 0. The predicted octanol–water partition coefficient (Wildman–Crippen LogP) is 10.2. The van der Waals surface area contributed by atoms with Crippen LogP contribution in [-0.4, -0.2) is 19.5 Å². The van der Waals surface area contributed by atoms with Gasteiger partial charge in [0.05, 0.1) is 16.6 Å². The van der Waals surface area contributed by atoms with Crippen molar-refractivity contribution in [2.75, 3.05) is 0 Å². The maximum absolute atomic E-state index is 6.97. The first-order chi connectivity index (χ1) is 22.2. The summed E-state index contributed by atoms with van der Waals surface area (Å²) in [5.74, 6) is 1.82. The second-order valence-electron chi connectivity index (χ2n) is 11.4. The van der Waals surface area contributed by atoms with Crippen LogP contribution in [0, 0.1) is 6.92 Å². The van der Waals surface area contributed by atoms with Crippen LogP contribution < -0.4 is 0 Å². The quantitative estimate of drug-likeness (QED) is 0.208. The number of para-hydroxylation sites is 2. The van der Waals surface area contributed by atoms with E-state index in [1.165, 1.54) is 5.39 Å². The lowest BCUT2D eigenvalue weighted by molar-refractivity contribution is 0.671. The smallest absolute Gasteiger partial charge is 0.167 e. The summed E-state index contributed by atoms with van der Waals surface area (Å²) in [5, 5.41) is 4.43. The van der Waals surface area contributed by atoms with Gasteiger partial charge in [0, 0.05) is 38.4 Å². The van der Waals surface area contributed by atoms with Crippen molar-refractivity contribution < 1.29 is 4.42 Å². The zero-order valence-corrected chi connectivity index (χ0v) is 24.5. The number of benzene rings is 6. The Labute approximate surface area is 259 Å². The normalized spacial score (nSPS) is 11.7. The Hall–Kier alpha value is -6.07. The molecule has 0 unspecified atom stereocenters. The van der Waals surface area contributed by atoms with Crippen LogP contribution in [-0.2, 0) is 0 Å². The van der Waals surface area contributed by atoms with E-state index in [0.717, 1.165) is 66.3 Å². The monoisotopic (exact) mass is 578 g/mol. The van der Waals surface area contributed by atoms with Gasteiger partial charge in [-0.15, -0.1) is 0 Å². The van der Waals surface area contributed by atoms with E-state index in [-0.39, 0.29) is 0 Å². The van der Waals surface area contributed by atoms with Gasteiger partial charge in [-0.3, -0.25) is 0 Å². The number of hydrogen-bond acceptors (Lipinski definition) is 4. The van der Waals surface area contributed by atoms with Crippen molar-refractivity contribution in [2.45, 2.75) is 6.92 Å². The summed E-state index contributed by atoms with van der Waals surface area (Å²) >= 11 is 0. The van der Waals surface area contributed by atoms with Crippen molar-refractivity contribution in [3.63, 3.8) is 0 Å². The summed E-state index contributed by atoms with van der Waals surface area (Å²) in [4.78, 5) is 15.0. The summed E-state index contributed by atoms with van der Waals surface area (Å²) in [5.41, 5.74) is 8.69. The standard InChI is InChI=1S/C40H26N4O/c1-25-23-32-31-22-21-30-29-19-11-12-20-34(29)44(28-17-9-4-10-18-28)35(30)37(31)45-36(32)33(24-25)40-42-38(26-13-5-2-6-14-26)41-39(43-40)27-15-7-3-8-16-27/h2-24H,1H3. The molecule has 0 aliphatic carbocycles. The molecule has 9 rings (SSSR count). The number of nitrogens with zero attached hydrogens (tertiary/aromatic N) is 4. The number of hydrogen-bond donors (Lipinski definition) is 0. The second-order valence-corrected chi connectivity index (χ2v) is 11.4. The Kier molecular flexibility index (Phi) is 5.65. The minimum absolute atomic E-state index is 0.579. The largest absolute Gasteiger partial charge is 0.453 e. The molecule has 0 saturated heterocycles. The molecule has 0 aliphatic rings. The van der Waals surface area contributed by atoms with Crippen molar-refractivity contribution >= 4 is 43.7 Å². The van der Waals surface area contributed by atoms with Gasteiger partial charge in [-0.1, -0.05) is 103 Å². The molecule has 9 aromatic rings. The highest BCUT2D eigenvalue weighted by Crippen LogP contribution is 2.42. The molecule has 0 atom stereocenters. The number of aryl methyl sites for hydroxylation is 1. The van der Waals surface area contributed by atoms with Gasteiger partial charge in [-0.2, -0.15) is 0 Å². The van der Waals surface area contributed by atoms with E-state index in [2.05, 4.69) is 84.3 Å². The van der Waals surface area contributed by atoms with Crippen LogP contribution in [0.5, 0.6) is 0 Å². The molecule has 0 N–H and O–H groups in total. The van der Waals surface area contributed by atoms with Gasteiger partial charge in [0.1, 0.15) is 5.58 Å². The Morgan fingerprint density at radius 3 is 1.76 bits per heavy atom. The van der Waals surface area contributed by atoms with E-state index < -0.39 is 0 Å². The predicted molar refractivity (Wildman–Crippen MR) is 182 cm³/mol. The first kappa shape index (κ1) is 25.4. The molecular weight excluding hydrogens is 552 g/mol. The third-order valence-corrected chi connectivity index (χ3v) is 8.47. The van der Waals surface area contributed by atoms with E-state index in [1.54, 1.807) is 0 Å². The minimum Gasteiger partial charge on any atom is -0.453 e. The topological polar surface area (TPSA) is 56.7 Å². The fourth-order valence-electron chi connectivity index (χ4n) is 6.47. The average molecular weight is 579 g/mol.